The average Bonchev–Trinajstić information content (AvgIpc) is 2.25. The monoisotopic (exact) mass is 257 g/mol. The summed E-state index contributed by atoms with van der Waals surface area (Å²) in [6, 6.07) is 6.40. The van der Waals surface area contributed by atoms with Crippen molar-refractivity contribution in [1.29, 1.82) is 0 Å². The van der Waals surface area contributed by atoms with E-state index in [9.17, 15) is 8.42 Å². The van der Waals surface area contributed by atoms with Crippen molar-refractivity contribution in [2.24, 2.45) is 0 Å². The van der Waals surface area contributed by atoms with Gasteiger partial charge in [-0.3, -0.25) is 0 Å². The van der Waals surface area contributed by atoms with Gasteiger partial charge in [-0.2, -0.15) is 0 Å². The van der Waals surface area contributed by atoms with Crippen LogP contribution in [0.2, 0.25) is 5.02 Å². The number of halogens is 1. The van der Waals surface area contributed by atoms with Crippen LogP contribution in [0.1, 0.15) is 0 Å². The van der Waals surface area contributed by atoms with Gasteiger partial charge in [0, 0.05) is 6.54 Å². The summed E-state index contributed by atoms with van der Waals surface area (Å²) in [6.45, 7) is 0.676. The molecule has 0 radical (unpaired) electrons. The molecule has 3 nitrogen and oxygen atoms in total. The summed E-state index contributed by atoms with van der Waals surface area (Å²) in [6.07, 6.45) is 5.03. The van der Waals surface area contributed by atoms with Crippen LogP contribution in [0.5, 0.6) is 0 Å². The van der Waals surface area contributed by atoms with Gasteiger partial charge in [0.1, 0.15) is 0 Å². The third-order valence-electron chi connectivity index (χ3n) is 1.95. The van der Waals surface area contributed by atoms with E-state index in [0.717, 1.165) is 0 Å². The average molecular weight is 258 g/mol. The van der Waals surface area contributed by atoms with Crippen molar-refractivity contribution < 1.29 is 8.42 Å². The van der Waals surface area contributed by atoms with Crippen LogP contribution in [0.4, 0.5) is 0 Å². The SMILES string of the molecule is C#CCNCCS(=O)(=O)c1ccccc1Cl. The minimum absolute atomic E-state index is 0.0155. The number of sulfone groups is 1. The van der Waals surface area contributed by atoms with Gasteiger partial charge in [0.25, 0.3) is 0 Å². The Labute approximate surface area is 101 Å². The van der Waals surface area contributed by atoms with Crippen molar-refractivity contribution in [2.45, 2.75) is 4.90 Å². The quantitative estimate of drug-likeness (QED) is 0.640. The van der Waals surface area contributed by atoms with Crippen molar-refractivity contribution in [2.75, 3.05) is 18.8 Å². The standard InChI is InChI=1S/C11H12ClNO2S/c1-2-7-13-8-9-16(14,15)11-6-4-3-5-10(11)12/h1,3-6,13H,7-9H2. The Morgan fingerprint density at radius 2 is 2.06 bits per heavy atom. The first-order chi connectivity index (χ1) is 7.58. The van der Waals surface area contributed by atoms with E-state index in [0.29, 0.717) is 13.1 Å². The summed E-state index contributed by atoms with van der Waals surface area (Å²) >= 11 is 5.82. The molecule has 0 saturated carbocycles. The van der Waals surface area contributed by atoms with Gasteiger partial charge in [-0.1, -0.05) is 29.7 Å². The zero-order chi connectivity index (χ0) is 12.0. The number of hydrogen-bond donors (Lipinski definition) is 1. The number of rotatable bonds is 5. The minimum Gasteiger partial charge on any atom is -0.305 e. The molecule has 0 aliphatic carbocycles. The predicted octanol–water partition coefficient (Wildman–Crippen LogP) is 1.34. The van der Waals surface area contributed by atoms with Crippen LogP contribution in [-0.4, -0.2) is 27.3 Å². The molecule has 0 aliphatic heterocycles. The highest BCUT2D eigenvalue weighted by atomic mass is 35.5. The maximum Gasteiger partial charge on any atom is 0.181 e. The highest BCUT2D eigenvalue weighted by Crippen LogP contribution is 2.21. The van der Waals surface area contributed by atoms with E-state index in [4.69, 9.17) is 18.0 Å². The molecular formula is C11H12ClNO2S. The van der Waals surface area contributed by atoms with E-state index >= 15 is 0 Å². The van der Waals surface area contributed by atoms with Crippen LogP contribution >= 0.6 is 11.6 Å². The van der Waals surface area contributed by atoms with E-state index in [1.807, 2.05) is 0 Å². The molecule has 0 unspecified atom stereocenters. The molecule has 0 aliphatic rings. The first-order valence-corrected chi connectivity index (χ1v) is 6.72. The fourth-order valence-electron chi connectivity index (χ4n) is 1.17. The fraction of sp³-hybridized carbons (Fsp3) is 0.273. The Balaban J connectivity index is 2.72. The Bertz CT molecular complexity index is 491. The molecule has 1 rings (SSSR count). The molecule has 86 valence electrons. The van der Waals surface area contributed by atoms with Crippen molar-refractivity contribution in [3.63, 3.8) is 0 Å². The summed E-state index contributed by atoms with van der Waals surface area (Å²) < 4.78 is 23.7. The largest absolute Gasteiger partial charge is 0.305 e. The second kappa shape index (κ2) is 5.90. The smallest absolute Gasteiger partial charge is 0.181 e. The zero-order valence-electron chi connectivity index (χ0n) is 8.61. The van der Waals surface area contributed by atoms with Gasteiger partial charge in [0.05, 0.1) is 22.2 Å². The minimum atomic E-state index is -3.33. The van der Waals surface area contributed by atoms with E-state index in [1.54, 1.807) is 18.2 Å². The van der Waals surface area contributed by atoms with Gasteiger partial charge in [-0.05, 0) is 12.1 Å². The molecule has 0 aromatic heterocycles. The van der Waals surface area contributed by atoms with Crippen LogP contribution in [-0.2, 0) is 9.84 Å². The highest BCUT2D eigenvalue weighted by Gasteiger charge is 2.16. The summed E-state index contributed by atoms with van der Waals surface area (Å²) in [5.74, 6) is 2.36. The highest BCUT2D eigenvalue weighted by molar-refractivity contribution is 7.91. The summed E-state index contributed by atoms with van der Waals surface area (Å²) in [5.41, 5.74) is 0. The van der Waals surface area contributed by atoms with Crippen molar-refractivity contribution in [3.8, 4) is 12.3 Å². The fourth-order valence-corrected chi connectivity index (χ4v) is 2.95. The lowest BCUT2D eigenvalue weighted by Crippen LogP contribution is -2.23. The molecule has 0 bridgehead atoms. The van der Waals surface area contributed by atoms with E-state index in [-0.39, 0.29) is 15.7 Å². The molecular weight excluding hydrogens is 246 g/mol. The Morgan fingerprint density at radius 3 is 2.69 bits per heavy atom. The molecule has 0 atom stereocenters. The van der Waals surface area contributed by atoms with Gasteiger partial charge in [-0.25, -0.2) is 8.42 Å². The maximum absolute atomic E-state index is 11.8. The number of terminal acetylenes is 1. The Kier molecular flexibility index (Phi) is 4.81. The number of benzene rings is 1. The summed E-state index contributed by atoms with van der Waals surface area (Å²) in [4.78, 5) is 0.166. The zero-order valence-corrected chi connectivity index (χ0v) is 10.2. The van der Waals surface area contributed by atoms with Crippen LogP contribution in [0.3, 0.4) is 0 Å². The molecule has 1 N–H and O–H groups in total. The van der Waals surface area contributed by atoms with Crippen LogP contribution < -0.4 is 5.32 Å². The van der Waals surface area contributed by atoms with Gasteiger partial charge in [0.15, 0.2) is 9.84 Å². The molecule has 1 aromatic carbocycles. The van der Waals surface area contributed by atoms with Crippen LogP contribution in [0.15, 0.2) is 29.2 Å². The summed E-state index contributed by atoms with van der Waals surface area (Å²) in [7, 11) is -3.33. The third-order valence-corrected chi connectivity index (χ3v) is 4.16. The predicted molar refractivity (Wildman–Crippen MR) is 65.2 cm³/mol. The molecule has 0 saturated heterocycles. The van der Waals surface area contributed by atoms with Gasteiger partial charge in [-0.15, -0.1) is 6.42 Å². The molecule has 0 spiro atoms. The van der Waals surface area contributed by atoms with Crippen molar-refractivity contribution in [1.82, 2.24) is 5.32 Å². The Hall–Kier alpha value is -1.02. The lowest BCUT2D eigenvalue weighted by atomic mass is 10.4. The van der Waals surface area contributed by atoms with E-state index < -0.39 is 9.84 Å². The lowest BCUT2D eigenvalue weighted by Gasteiger charge is -2.06. The van der Waals surface area contributed by atoms with E-state index in [1.165, 1.54) is 6.07 Å². The van der Waals surface area contributed by atoms with Gasteiger partial charge >= 0.3 is 0 Å². The molecule has 16 heavy (non-hydrogen) atoms. The van der Waals surface area contributed by atoms with Gasteiger partial charge < -0.3 is 5.32 Å². The molecule has 1 aromatic rings. The second-order valence-electron chi connectivity index (χ2n) is 3.13. The summed E-state index contributed by atoms with van der Waals surface area (Å²) in [5, 5.41) is 3.07. The topological polar surface area (TPSA) is 46.2 Å². The van der Waals surface area contributed by atoms with Crippen molar-refractivity contribution in [3.05, 3.63) is 29.3 Å². The maximum atomic E-state index is 11.8. The molecule has 0 amide bonds. The normalized spacial score (nSPS) is 11.0. The number of nitrogens with one attached hydrogen (secondary N) is 1. The first-order valence-electron chi connectivity index (χ1n) is 4.69. The van der Waals surface area contributed by atoms with Crippen LogP contribution in [0.25, 0.3) is 0 Å². The lowest BCUT2D eigenvalue weighted by molar-refractivity contribution is 0.593. The first kappa shape index (κ1) is 13.0. The number of hydrogen-bond acceptors (Lipinski definition) is 3. The second-order valence-corrected chi connectivity index (χ2v) is 5.61. The van der Waals surface area contributed by atoms with Crippen LogP contribution in [0, 0.1) is 12.3 Å². The molecule has 0 fully saturated rings. The van der Waals surface area contributed by atoms with Crippen molar-refractivity contribution >= 4 is 21.4 Å². The van der Waals surface area contributed by atoms with E-state index in [2.05, 4.69) is 11.2 Å². The van der Waals surface area contributed by atoms with Gasteiger partial charge in [0.2, 0.25) is 0 Å². The third kappa shape index (κ3) is 3.53. The molecule has 5 heteroatoms. The molecule has 0 heterocycles. The Morgan fingerprint density at radius 1 is 1.38 bits per heavy atom.